The van der Waals surface area contributed by atoms with Gasteiger partial charge in [0.1, 0.15) is 0 Å². The van der Waals surface area contributed by atoms with E-state index in [1.54, 1.807) is 0 Å². The van der Waals surface area contributed by atoms with E-state index in [9.17, 15) is 0 Å². The van der Waals surface area contributed by atoms with E-state index in [4.69, 9.17) is 0 Å². The number of rotatable bonds is 2. The zero-order valence-electron chi connectivity index (χ0n) is 8.06. The number of nitrogens with zero attached hydrogens (tertiary/aromatic N) is 3. The Morgan fingerprint density at radius 1 is 1.14 bits per heavy atom. The largest absolute Gasteiger partial charge is 0.369 e. The van der Waals surface area contributed by atoms with Crippen molar-refractivity contribution >= 4 is 21.6 Å². The first-order valence-electron chi connectivity index (χ1n) is 4.83. The first-order chi connectivity index (χ1) is 6.90. The summed E-state index contributed by atoms with van der Waals surface area (Å²) >= 11 is 3.48. The van der Waals surface area contributed by atoms with Gasteiger partial charge in [-0.1, -0.05) is 15.9 Å². The van der Waals surface area contributed by atoms with Crippen molar-refractivity contribution < 1.29 is 0 Å². The van der Waals surface area contributed by atoms with Crippen LogP contribution in [0.5, 0.6) is 0 Å². The van der Waals surface area contributed by atoms with Gasteiger partial charge in [-0.15, -0.1) is 0 Å². The molecule has 0 bridgehead atoms. The third-order valence-electron chi connectivity index (χ3n) is 2.57. The van der Waals surface area contributed by atoms with E-state index in [0.717, 1.165) is 31.6 Å². The molecule has 0 saturated carbocycles. The van der Waals surface area contributed by atoms with Gasteiger partial charge < -0.3 is 4.90 Å². The fraction of sp³-hybridized carbons (Fsp3) is 0.500. The minimum Gasteiger partial charge on any atom is -0.369 e. The molecular weight excluding hydrogens is 242 g/mol. The van der Waals surface area contributed by atoms with Gasteiger partial charge >= 0.3 is 0 Å². The summed E-state index contributed by atoms with van der Waals surface area (Å²) < 4.78 is 0. The van der Waals surface area contributed by atoms with Crippen LogP contribution in [0.25, 0.3) is 0 Å². The van der Waals surface area contributed by atoms with Crippen LogP contribution in [0.15, 0.2) is 24.5 Å². The van der Waals surface area contributed by atoms with Crippen LogP contribution in [-0.2, 0) is 0 Å². The van der Waals surface area contributed by atoms with Crippen LogP contribution in [-0.4, -0.2) is 41.5 Å². The first-order valence-corrected chi connectivity index (χ1v) is 5.95. The van der Waals surface area contributed by atoms with Crippen molar-refractivity contribution in [1.29, 1.82) is 0 Å². The van der Waals surface area contributed by atoms with Gasteiger partial charge in [-0.2, -0.15) is 0 Å². The van der Waals surface area contributed by atoms with Gasteiger partial charge in [-0.25, -0.2) is 0 Å². The zero-order chi connectivity index (χ0) is 9.80. The van der Waals surface area contributed by atoms with E-state index in [2.05, 4.69) is 42.8 Å². The van der Waals surface area contributed by atoms with Gasteiger partial charge in [0.15, 0.2) is 0 Å². The molecule has 0 spiro atoms. The fourth-order valence-corrected chi connectivity index (χ4v) is 2.18. The molecule has 0 amide bonds. The second kappa shape index (κ2) is 4.75. The highest BCUT2D eigenvalue weighted by Crippen LogP contribution is 2.14. The summed E-state index contributed by atoms with van der Waals surface area (Å²) in [7, 11) is 0. The number of alkyl halides is 1. The molecule has 1 aromatic rings. The Bertz CT molecular complexity index is 270. The Hall–Kier alpha value is -0.610. The molecule has 0 aliphatic carbocycles. The average Bonchev–Trinajstić information content (AvgIpc) is 2.30. The predicted molar refractivity (Wildman–Crippen MR) is 61.8 cm³/mol. The van der Waals surface area contributed by atoms with E-state index < -0.39 is 0 Å². The molecule has 0 atom stereocenters. The van der Waals surface area contributed by atoms with Crippen molar-refractivity contribution in [2.24, 2.45) is 0 Å². The minimum absolute atomic E-state index is 0.983. The highest BCUT2D eigenvalue weighted by Gasteiger charge is 2.15. The summed E-state index contributed by atoms with van der Waals surface area (Å²) in [5.41, 5.74) is 2.27. The van der Waals surface area contributed by atoms with Gasteiger partial charge in [-0.05, 0) is 12.1 Å². The Morgan fingerprint density at radius 2 is 1.79 bits per heavy atom. The molecule has 1 aliphatic rings. The van der Waals surface area contributed by atoms with Crippen LogP contribution in [0.3, 0.4) is 0 Å². The van der Waals surface area contributed by atoms with E-state index in [-0.39, 0.29) is 0 Å². The lowest BCUT2D eigenvalue weighted by atomic mass is 10.3. The number of anilines is 1. The topological polar surface area (TPSA) is 19.4 Å². The standard InChI is InChI=1S/C10H14BrN3/c11-9-13-5-7-14(8-6-13)10-1-3-12-4-2-10/h1-4H,5-9H2. The number of aromatic nitrogens is 1. The molecule has 0 unspecified atom stereocenters. The van der Waals surface area contributed by atoms with E-state index in [0.29, 0.717) is 0 Å². The Morgan fingerprint density at radius 3 is 2.36 bits per heavy atom. The summed E-state index contributed by atoms with van der Waals surface area (Å²) in [5.74, 6) is 0. The SMILES string of the molecule is BrCN1CCN(c2ccncc2)CC1. The van der Waals surface area contributed by atoms with Gasteiger partial charge in [0.2, 0.25) is 0 Å². The predicted octanol–water partition coefficient (Wildman–Crippen LogP) is 1.56. The number of hydrogen-bond acceptors (Lipinski definition) is 3. The van der Waals surface area contributed by atoms with Gasteiger partial charge in [-0.3, -0.25) is 9.88 Å². The molecule has 1 aliphatic heterocycles. The molecule has 1 saturated heterocycles. The molecule has 2 heterocycles. The molecule has 4 heteroatoms. The minimum atomic E-state index is 0.983. The van der Waals surface area contributed by atoms with Crippen molar-refractivity contribution in [3.05, 3.63) is 24.5 Å². The maximum absolute atomic E-state index is 4.03. The molecule has 1 aromatic heterocycles. The highest BCUT2D eigenvalue weighted by atomic mass is 79.9. The van der Waals surface area contributed by atoms with E-state index in [1.807, 2.05) is 12.4 Å². The summed E-state index contributed by atoms with van der Waals surface area (Å²) in [5, 5.41) is 0. The third-order valence-corrected chi connectivity index (χ3v) is 3.28. The lowest BCUT2D eigenvalue weighted by Crippen LogP contribution is -2.45. The van der Waals surface area contributed by atoms with Crippen LogP contribution in [0.1, 0.15) is 0 Å². The molecule has 3 nitrogen and oxygen atoms in total. The van der Waals surface area contributed by atoms with E-state index >= 15 is 0 Å². The molecule has 0 aromatic carbocycles. The molecule has 76 valence electrons. The molecular formula is C10H14BrN3. The smallest absolute Gasteiger partial charge is 0.0543 e. The molecule has 0 N–H and O–H groups in total. The Balaban J connectivity index is 1.96. The van der Waals surface area contributed by atoms with Crippen molar-refractivity contribution in [2.75, 3.05) is 36.5 Å². The number of piperazine rings is 1. The quantitative estimate of drug-likeness (QED) is 0.591. The van der Waals surface area contributed by atoms with E-state index in [1.165, 1.54) is 5.69 Å². The van der Waals surface area contributed by atoms with Crippen LogP contribution >= 0.6 is 15.9 Å². The van der Waals surface area contributed by atoms with Crippen molar-refractivity contribution in [3.63, 3.8) is 0 Å². The normalized spacial score (nSPS) is 18.5. The van der Waals surface area contributed by atoms with Gasteiger partial charge in [0.05, 0.1) is 5.45 Å². The second-order valence-electron chi connectivity index (χ2n) is 3.43. The molecule has 2 rings (SSSR count). The average molecular weight is 256 g/mol. The van der Waals surface area contributed by atoms with Gasteiger partial charge in [0.25, 0.3) is 0 Å². The monoisotopic (exact) mass is 255 g/mol. The maximum atomic E-state index is 4.03. The Kier molecular flexibility index (Phi) is 3.37. The zero-order valence-corrected chi connectivity index (χ0v) is 9.65. The van der Waals surface area contributed by atoms with Crippen LogP contribution in [0.2, 0.25) is 0 Å². The van der Waals surface area contributed by atoms with Crippen LogP contribution in [0, 0.1) is 0 Å². The summed E-state index contributed by atoms with van der Waals surface area (Å²) in [6.07, 6.45) is 3.71. The molecule has 14 heavy (non-hydrogen) atoms. The van der Waals surface area contributed by atoms with Crippen molar-refractivity contribution in [3.8, 4) is 0 Å². The Labute approximate surface area is 92.9 Å². The van der Waals surface area contributed by atoms with Crippen molar-refractivity contribution in [2.45, 2.75) is 0 Å². The summed E-state index contributed by atoms with van der Waals surface area (Å²) in [6, 6.07) is 4.15. The maximum Gasteiger partial charge on any atom is 0.0543 e. The first kappa shape index (κ1) is 9.93. The van der Waals surface area contributed by atoms with Crippen LogP contribution in [0.4, 0.5) is 5.69 Å². The lowest BCUT2D eigenvalue weighted by molar-refractivity contribution is 0.303. The highest BCUT2D eigenvalue weighted by molar-refractivity contribution is 9.09. The summed E-state index contributed by atoms with van der Waals surface area (Å²) in [4.78, 5) is 8.83. The lowest BCUT2D eigenvalue weighted by Gasteiger charge is -2.34. The number of hydrogen-bond donors (Lipinski definition) is 0. The van der Waals surface area contributed by atoms with Gasteiger partial charge in [0, 0.05) is 44.3 Å². The van der Waals surface area contributed by atoms with Crippen molar-refractivity contribution in [1.82, 2.24) is 9.88 Å². The second-order valence-corrected chi connectivity index (χ2v) is 3.93. The summed E-state index contributed by atoms with van der Waals surface area (Å²) in [6.45, 7) is 4.48. The number of pyridine rings is 1. The fourth-order valence-electron chi connectivity index (χ4n) is 1.68. The number of halogens is 1. The molecule has 1 fully saturated rings. The third kappa shape index (κ3) is 2.25. The van der Waals surface area contributed by atoms with Crippen LogP contribution < -0.4 is 4.90 Å². The molecule has 0 radical (unpaired) electrons.